The molecule has 1 N–H and O–H groups in total. The van der Waals surface area contributed by atoms with E-state index >= 15 is 0 Å². The summed E-state index contributed by atoms with van der Waals surface area (Å²) in [5.41, 5.74) is 2.22. The number of carbonyl (C=O) groups is 1. The standard InChI is InChI=1S/C16H22BrNO/c1-11-13(5-4-6-14(11)17)15(19)18-12-7-9-16(2,3)10-8-12/h4-6,12H,7-10H2,1-3H3,(H,18,19). The topological polar surface area (TPSA) is 29.1 Å². The molecule has 3 heteroatoms. The van der Waals surface area contributed by atoms with Gasteiger partial charge < -0.3 is 5.32 Å². The highest BCUT2D eigenvalue weighted by Crippen LogP contribution is 2.35. The predicted molar refractivity (Wildman–Crippen MR) is 82.4 cm³/mol. The van der Waals surface area contributed by atoms with Crippen LogP contribution in [-0.4, -0.2) is 11.9 Å². The van der Waals surface area contributed by atoms with Gasteiger partial charge in [-0.1, -0.05) is 35.8 Å². The molecule has 2 rings (SSSR count). The van der Waals surface area contributed by atoms with Crippen molar-refractivity contribution in [3.05, 3.63) is 33.8 Å². The average molecular weight is 324 g/mol. The lowest BCUT2D eigenvalue weighted by Gasteiger charge is -2.34. The highest BCUT2D eigenvalue weighted by atomic mass is 79.9. The Kier molecular flexibility index (Phi) is 4.34. The van der Waals surface area contributed by atoms with Gasteiger partial charge in [0.25, 0.3) is 5.91 Å². The Morgan fingerprint density at radius 3 is 2.58 bits per heavy atom. The van der Waals surface area contributed by atoms with Crippen LogP contribution in [0.15, 0.2) is 22.7 Å². The number of hydrogen-bond donors (Lipinski definition) is 1. The molecule has 1 aromatic carbocycles. The smallest absolute Gasteiger partial charge is 0.251 e. The second-order valence-corrected chi connectivity index (χ2v) is 7.18. The second kappa shape index (κ2) is 5.66. The van der Waals surface area contributed by atoms with E-state index in [9.17, 15) is 4.79 Å². The molecule has 0 radical (unpaired) electrons. The number of amides is 1. The second-order valence-electron chi connectivity index (χ2n) is 6.32. The Hall–Kier alpha value is -0.830. The third kappa shape index (κ3) is 3.59. The third-order valence-corrected chi connectivity index (χ3v) is 5.05. The Balaban J connectivity index is 2.00. The summed E-state index contributed by atoms with van der Waals surface area (Å²) in [4.78, 5) is 12.3. The number of rotatable bonds is 2. The van der Waals surface area contributed by atoms with E-state index in [0.29, 0.717) is 11.5 Å². The fraction of sp³-hybridized carbons (Fsp3) is 0.562. The molecule has 1 aliphatic carbocycles. The van der Waals surface area contributed by atoms with E-state index in [-0.39, 0.29) is 5.91 Å². The van der Waals surface area contributed by atoms with Crippen molar-refractivity contribution in [2.75, 3.05) is 0 Å². The van der Waals surface area contributed by atoms with Crippen molar-refractivity contribution in [2.24, 2.45) is 5.41 Å². The number of nitrogens with one attached hydrogen (secondary N) is 1. The van der Waals surface area contributed by atoms with Gasteiger partial charge >= 0.3 is 0 Å². The fourth-order valence-corrected chi connectivity index (χ4v) is 3.03. The highest BCUT2D eigenvalue weighted by molar-refractivity contribution is 9.10. The minimum atomic E-state index is 0.0588. The maximum absolute atomic E-state index is 12.3. The van der Waals surface area contributed by atoms with Crippen LogP contribution in [0, 0.1) is 12.3 Å². The Morgan fingerprint density at radius 2 is 1.95 bits per heavy atom. The summed E-state index contributed by atoms with van der Waals surface area (Å²) >= 11 is 3.47. The summed E-state index contributed by atoms with van der Waals surface area (Å²) in [6.07, 6.45) is 4.56. The van der Waals surface area contributed by atoms with E-state index in [4.69, 9.17) is 0 Å². The molecule has 104 valence electrons. The van der Waals surface area contributed by atoms with Gasteiger partial charge in [-0.15, -0.1) is 0 Å². The fourth-order valence-electron chi connectivity index (χ4n) is 2.66. The Bertz CT molecular complexity index is 472. The van der Waals surface area contributed by atoms with Gasteiger partial charge in [0, 0.05) is 16.1 Å². The number of benzene rings is 1. The lowest BCUT2D eigenvalue weighted by molar-refractivity contribution is 0.0908. The highest BCUT2D eigenvalue weighted by Gasteiger charge is 2.27. The molecule has 2 nitrogen and oxygen atoms in total. The van der Waals surface area contributed by atoms with Crippen LogP contribution in [0.5, 0.6) is 0 Å². The zero-order valence-corrected chi connectivity index (χ0v) is 13.5. The molecule has 19 heavy (non-hydrogen) atoms. The molecule has 1 fully saturated rings. The first-order chi connectivity index (χ1) is 8.89. The summed E-state index contributed by atoms with van der Waals surface area (Å²) < 4.78 is 0.991. The van der Waals surface area contributed by atoms with Crippen LogP contribution < -0.4 is 5.32 Å². The monoisotopic (exact) mass is 323 g/mol. The van der Waals surface area contributed by atoms with Gasteiger partial charge in [-0.05, 0) is 55.7 Å². The summed E-state index contributed by atoms with van der Waals surface area (Å²) in [5, 5.41) is 3.18. The molecular weight excluding hydrogens is 302 g/mol. The van der Waals surface area contributed by atoms with Crippen LogP contribution in [0.1, 0.15) is 55.5 Å². The van der Waals surface area contributed by atoms with Crippen LogP contribution in [0.2, 0.25) is 0 Å². The van der Waals surface area contributed by atoms with Crippen molar-refractivity contribution >= 4 is 21.8 Å². The first-order valence-electron chi connectivity index (χ1n) is 6.95. The van der Waals surface area contributed by atoms with E-state index in [1.807, 2.05) is 25.1 Å². The maximum Gasteiger partial charge on any atom is 0.251 e. The quantitative estimate of drug-likeness (QED) is 0.855. The molecule has 1 amide bonds. The van der Waals surface area contributed by atoms with Crippen LogP contribution in [0.4, 0.5) is 0 Å². The summed E-state index contributed by atoms with van der Waals surface area (Å²) in [6, 6.07) is 6.10. The van der Waals surface area contributed by atoms with Gasteiger partial charge in [0.05, 0.1) is 0 Å². The van der Waals surface area contributed by atoms with Gasteiger partial charge in [-0.25, -0.2) is 0 Å². The first-order valence-corrected chi connectivity index (χ1v) is 7.74. The molecule has 0 spiro atoms. The molecule has 0 aromatic heterocycles. The van der Waals surface area contributed by atoms with Gasteiger partial charge in [0.2, 0.25) is 0 Å². The molecule has 0 bridgehead atoms. The van der Waals surface area contributed by atoms with Gasteiger partial charge in [-0.2, -0.15) is 0 Å². The van der Waals surface area contributed by atoms with Crippen molar-refractivity contribution in [3.63, 3.8) is 0 Å². The summed E-state index contributed by atoms with van der Waals surface area (Å²) in [7, 11) is 0. The minimum Gasteiger partial charge on any atom is -0.349 e. The first kappa shape index (κ1) is 14.6. The predicted octanol–water partition coefficient (Wildman–Crippen LogP) is 4.46. The Labute approximate surface area is 124 Å². The molecule has 0 heterocycles. The number of hydrogen-bond acceptors (Lipinski definition) is 1. The van der Waals surface area contributed by atoms with Crippen LogP contribution in [0.3, 0.4) is 0 Å². The average Bonchev–Trinajstić information content (AvgIpc) is 2.35. The maximum atomic E-state index is 12.3. The van der Waals surface area contributed by atoms with Gasteiger partial charge in [0.15, 0.2) is 0 Å². The zero-order chi connectivity index (χ0) is 14.0. The van der Waals surface area contributed by atoms with Crippen LogP contribution in [0.25, 0.3) is 0 Å². The summed E-state index contributed by atoms with van der Waals surface area (Å²) in [5.74, 6) is 0.0588. The zero-order valence-electron chi connectivity index (χ0n) is 11.9. The molecule has 0 atom stereocenters. The van der Waals surface area contributed by atoms with Crippen molar-refractivity contribution in [1.82, 2.24) is 5.32 Å². The number of carbonyl (C=O) groups excluding carboxylic acids is 1. The molecule has 0 aliphatic heterocycles. The van der Waals surface area contributed by atoms with E-state index in [1.165, 1.54) is 12.8 Å². The Morgan fingerprint density at radius 1 is 1.32 bits per heavy atom. The normalized spacial score (nSPS) is 19.2. The van der Waals surface area contributed by atoms with Gasteiger partial charge in [0.1, 0.15) is 0 Å². The SMILES string of the molecule is Cc1c(Br)cccc1C(=O)NC1CCC(C)(C)CC1. The number of halogens is 1. The molecule has 1 aromatic rings. The van der Waals surface area contributed by atoms with Crippen molar-refractivity contribution in [2.45, 2.75) is 52.5 Å². The lowest BCUT2D eigenvalue weighted by atomic mass is 9.75. The third-order valence-electron chi connectivity index (χ3n) is 4.19. The lowest BCUT2D eigenvalue weighted by Crippen LogP contribution is -2.39. The molecule has 0 unspecified atom stereocenters. The van der Waals surface area contributed by atoms with E-state index < -0.39 is 0 Å². The van der Waals surface area contributed by atoms with Crippen molar-refractivity contribution in [1.29, 1.82) is 0 Å². The molecular formula is C16H22BrNO. The van der Waals surface area contributed by atoms with E-state index in [2.05, 4.69) is 35.1 Å². The molecule has 0 saturated heterocycles. The largest absolute Gasteiger partial charge is 0.349 e. The minimum absolute atomic E-state index is 0.0588. The van der Waals surface area contributed by atoms with Gasteiger partial charge in [-0.3, -0.25) is 4.79 Å². The van der Waals surface area contributed by atoms with Crippen molar-refractivity contribution < 1.29 is 4.79 Å². The van der Waals surface area contributed by atoms with E-state index in [0.717, 1.165) is 28.4 Å². The molecule has 1 aliphatic rings. The van der Waals surface area contributed by atoms with E-state index in [1.54, 1.807) is 0 Å². The van der Waals surface area contributed by atoms with Crippen molar-refractivity contribution in [3.8, 4) is 0 Å². The van der Waals surface area contributed by atoms with Crippen LogP contribution >= 0.6 is 15.9 Å². The van der Waals surface area contributed by atoms with Crippen LogP contribution in [-0.2, 0) is 0 Å². The summed E-state index contributed by atoms with van der Waals surface area (Å²) in [6.45, 7) is 6.59. The molecule has 1 saturated carbocycles.